The Kier molecular flexibility index (Phi) is 8.79. The molecule has 0 spiro atoms. The average molecular weight is 147 g/mol. The van der Waals surface area contributed by atoms with Crippen LogP contribution in [0.1, 0.15) is 32.6 Å². The Labute approximate surface area is 62.6 Å². The molecule has 1 nitrogen and oxygen atoms in total. The monoisotopic (exact) mass is 147 g/mol. The van der Waals surface area contributed by atoms with Crippen molar-refractivity contribution in [3.63, 3.8) is 0 Å². The van der Waals surface area contributed by atoms with Crippen LogP contribution < -0.4 is 0 Å². The Hall–Kier alpha value is -0.110. The molecule has 0 bridgehead atoms. The third-order valence-corrected chi connectivity index (χ3v) is 1.31. The summed E-state index contributed by atoms with van der Waals surface area (Å²) in [5.41, 5.74) is 0. The van der Waals surface area contributed by atoms with Gasteiger partial charge in [0.1, 0.15) is 0 Å². The van der Waals surface area contributed by atoms with Crippen LogP contribution in [0.3, 0.4) is 0 Å². The number of alkyl halides is 1. The highest BCUT2D eigenvalue weighted by Gasteiger charge is 1.88. The number of hydrogen-bond acceptors (Lipinski definition) is 1. The molecule has 0 fully saturated rings. The van der Waals surface area contributed by atoms with Gasteiger partial charge in [-0.15, -0.1) is 0 Å². The van der Waals surface area contributed by atoms with E-state index in [1.165, 1.54) is 0 Å². The number of unbranched alkanes of at least 4 members (excludes halogenated alkanes) is 3. The van der Waals surface area contributed by atoms with Gasteiger partial charge < -0.3 is 4.74 Å². The van der Waals surface area contributed by atoms with Crippen molar-refractivity contribution < 1.29 is 9.13 Å². The Morgan fingerprint density at radius 3 is 2.50 bits per heavy atom. The van der Waals surface area contributed by atoms with Crippen molar-refractivity contribution in [1.29, 1.82) is 0 Å². The van der Waals surface area contributed by atoms with Crippen LogP contribution in [-0.4, -0.2) is 13.3 Å². The second kappa shape index (κ2) is 8.89. The van der Waals surface area contributed by atoms with E-state index >= 15 is 0 Å². The Bertz CT molecular complexity index is 49.2. The van der Waals surface area contributed by atoms with E-state index in [1.807, 2.05) is 6.92 Å². The average Bonchev–Trinajstić information content (AvgIpc) is 1.97. The molecule has 61 valence electrons. The van der Waals surface area contributed by atoms with Gasteiger partial charge in [0.15, 0.2) is 0 Å². The van der Waals surface area contributed by atoms with Gasteiger partial charge in [-0.05, 0) is 19.8 Å². The van der Waals surface area contributed by atoms with Crippen molar-refractivity contribution in [1.82, 2.24) is 0 Å². The zero-order valence-corrected chi connectivity index (χ0v) is 6.61. The minimum atomic E-state index is -0.180. The zero-order valence-electron chi connectivity index (χ0n) is 6.61. The minimum absolute atomic E-state index is 0.180. The van der Waals surface area contributed by atoms with Crippen molar-refractivity contribution >= 4 is 0 Å². The standard InChI is InChI=1S/C8H16FO/c1-2-10-8-6-4-3-5-7-9/h2H,3-8H2,1H3. The molecule has 0 saturated heterocycles. The van der Waals surface area contributed by atoms with Crippen LogP contribution in [0.2, 0.25) is 0 Å². The molecular formula is C8H16FO. The predicted octanol–water partition coefficient (Wildman–Crippen LogP) is 2.71. The molecule has 0 aromatic rings. The van der Waals surface area contributed by atoms with Gasteiger partial charge in [-0.2, -0.15) is 0 Å². The normalized spacial score (nSPS) is 10.2. The molecule has 10 heavy (non-hydrogen) atoms. The molecule has 2 heteroatoms. The van der Waals surface area contributed by atoms with Crippen LogP contribution in [0.4, 0.5) is 4.39 Å². The van der Waals surface area contributed by atoms with Gasteiger partial charge >= 0.3 is 0 Å². The topological polar surface area (TPSA) is 9.23 Å². The van der Waals surface area contributed by atoms with E-state index in [0.29, 0.717) is 6.42 Å². The van der Waals surface area contributed by atoms with Crippen LogP contribution in [0, 0.1) is 6.61 Å². The highest BCUT2D eigenvalue weighted by Crippen LogP contribution is 2.00. The van der Waals surface area contributed by atoms with E-state index in [1.54, 1.807) is 6.61 Å². The molecular weight excluding hydrogens is 131 g/mol. The minimum Gasteiger partial charge on any atom is -0.376 e. The fraction of sp³-hybridized carbons (Fsp3) is 0.875. The fourth-order valence-electron chi connectivity index (χ4n) is 0.751. The van der Waals surface area contributed by atoms with Crippen molar-refractivity contribution in [2.75, 3.05) is 13.3 Å². The molecule has 0 aliphatic carbocycles. The molecule has 0 aliphatic heterocycles. The van der Waals surface area contributed by atoms with Gasteiger partial charge in [0, 0.05) is 6.61 Å². The van der Waals surface area contributed by atoms with E-state index in [4.69, 9.17) is 4.74 Å². The van der Waals surface area contributed by atoms with Gasteiger partial charge in [-0.25, -0.2) is 0 Å². The van der Waals surface area contributed by atoms with Gasteiger partial charge in [0.2, 0.25) is 0 Å². The van der Waals surface area contributed by atoms with Crippen LogP contribution in [0.5, 0.6) is 0 Å². The van der Waals surface area contributed by atoms with Crippen molar-refractivity contribution in [3.05, 3.63) is 6.61 Å². The van der Waals surface area contributed by atoms with E-state index < -0.39 is 0 Å². The molecule has 0 saturated carbocycles. The zero-order chi connectivity index (χ0) is 7.66. The van der Waals surface area contributed by atoms with E-state index in [0.717, 1.165) is 25.9 Å². The maximum Gasteiger partial charge on any atom is 0.0894 e. The van der Waals surface area contributed by atoms with Crippen LogP contribution >= 0.6 is 0 Å². The molecule has 1 radical (unpaired) electrons. The summed E-state index contributed by atoms with van der Waals surface area (Å²) in [6.45, 7) is 4.15. The Morgan fingerprint density at radius 2 is 1.90 bits per heavy atom. The highest BCUT2D eigenvalue weighted by atomic mass is 19.1. The van der Waals surface area contributed by atoms with E-state index in [9.17, 15) is 4.39 Å². The van der Waals surface area contributed by atoms with Crippen LogP contribution in [-0.2, 0) is 4.74 Å². The van der Waals surface area contributed by atoms with Gasteiger partial charge in [-0.1, -0.05) is 12.8 Å². The van der Waals surface area contributed by atoms with Crippen molar-refractivity contribution in [2.45, 2.75) is 32.6 Å². The second-order valence-electron chi connectivity index (χ2n) is 2.21. The third kappa shape index (κ3) is 7.89. The molecule has 0 aliphatic rings. The first-order valence-corrected chi connectivity index (χ1v) is 3.87. The highest BCUT2D eigenvalue weighted by molar-refractivity contribution is 4.43. The Morgan fingerprint density at radius 1 is 1.20 bits per heavy atom. The fourth-order valence-corrected chi connectivity index (χ4v) is 0.751. The second-order valence-corrected chi connectivity index (χ2v) is 2.21. The first-order valence-electron chi connectivity index (χ1n) is 3.87. The number of halogens is 1. The summed E-state index contributed by atoms with van der Waals surface area (Å²) < 4.78 is 16.5. The summed E-state index contributed by atoms with van der Waals surface area (Å²) in [6.07, 6.45) is 3.82. The molecule has 0 atom stereocenters. The predicted molar refractivity (Wildman–Crippen MR) is 40.4 cm³/mol. The lowest BCUT2D eigenvalue weighted by molar-refractivity contribution is 0.197. The number of rotatable bonds is 7. The van der Waals surface area contributed by atoms with Gasteiger partial charge in [0.05, 0.1) is 13.3 Å². The van der Waals surface area contributed by atoms with Crippen LogP contribution in [0.15, 0.2) is 0 Å². The molecule has 0 unspecified atom stereocenters. The third-order valence-electron chi connectivity index (χ3n) is 1.31. The molecule has 0 aromatic heterocycles. The van der Waals surface area contributed by atoms with E-state index in [2.05, 4.69) is 0 Å². The molecule has 0 rings (SSSR count). The number of hydrogen-bond donors (Lipinski definition) is 0. The Balaban J connectivity index is 2.65. The van der Waals surface area contributed by atoms with Crippen molar-refractivity contribution in [2.24, 2.45) is 0 Å². The summed E-state index contributed by atoms with van der Waals surface area (Å²) in [7, 11) is 0. The quantitative estimate of drug-likeness (QED) is 0.503. The molecule has 0 aromatic carbocycles. The smallest absolute Gasteiger partial charge is 0.0894 e. The summed E-state index contributed by atoms with van der Waals surface area (Å²) in [5.74, 6) is 0. The molecule has 0 N–H and O–H groups in total. The summed E-state index contributed by atoms with van der Waals surface area (Å²) >= 11 is 0. The van der Waals surface area contributed by atoms with Gasteiger partial charge in [0.25, 0.3) is 0 Å². The first-order chi connectivity index (χ1) is 4.91. The van der Waals surface area contributed by atoms with Crippen LogP contribution in [0.25, 0.3) is 0 Å². The lowest BCUT2D eigenvalue weighted by Gasteiger charge is -1.98. The number of ether oxygens (including phenoxy) is 1. The maximum absolute atomic E-state index is 11.5. The van der Waals surface area contributed by atoms with Gasteiger partial charge in [-0.3, -0.25) is 4.39 Å². The largest absolute Gasteiger partial charge is 0.376 e. The van der Waals surface area contributed by atoms with Crippen molar-refractivity contribution in [3.8, 4) is 0 Å². The van der Waals surface area contributed by atoms with E-state index in [-0.39, 0.29) is 6.67 Å². The summed E-state index contributed by atoms with van der Waals surface area (Å²) in [6, 6.07) is 0. The maximum atomic E-state index is 11.5. The summed E-state index contributed by atoms with van der Waals surface area (Å²) in [4.78, 5) is 0. The molecule has 0 heterocycles. The lowest BCUT2D eigenvalue weighted by atomic mass is 10.2. The SMILES string of the molecule is C[CH]OCCCCCCF. The molecule has 0 amide bonds. The lowest BCUT2D eigenvalue weighted by Crippen LogP contribution is -1.89. The summed E-state index contributed by atoms with van der Waals surface area (Å²) in [5, 5.41) is 0. The first kappa shape index (κ1) is 9.89.